The number of ether oxygens (including phenoxy) is 1. The zero-order valence-corrected chi connectivity index (χ0v) is 12.2. The number of carbonyl (C=O) groups excluding carboxylic acids is 3. The quantitative estimate of drug-likeness (QED) is 0.758. The van der Waals surface area contributed by atoms with Gasteiger partial charge in [-0.25, -0.2) is 4.79 Å². The molecular weight excluding hydrogens is 286 g/mol. The fraction of sp³-hybridized carbons (Fsp3) is 0.333. The third kappa shape index (κ3) is 6.52. The number of esters is 1. The Morgan fingerprint density at radius 1 is 1.23 bits per heavy atom. The lowest BCUT2D eigenvalue weighted by Crippen LogP contribution is -2.41. The number of nitrogens with one attached hydrogen (secondary N) is 2. The van der Waals surface area contributed by atoms with E-state index in [0.29, 0.717) is 18.5 Å². The fourth-order valence-corrected chi connectivity index (χ4v) is 1.58. The number of hydrogen-bond acceptors (Lipinski definition) is 5. The molecule has 0 fully saturated rings. The molecule has 0 radical (unpaired) electrons. The van der Waals surface area contributed by atoms with Gasteiger partial charge in [0.05, 0.1) is 11.6 Å². The van der Waals surface area contributed by atoms with Crippen molar-refractivity contribution < 1.29 is 19.1 Å². The summed E-state index contributed by atoms with van der Waals surface area (Å²) in [6.45, 7) is 1.61. The van der Waals surface area contributed by atoms with Gasteiger partial charge in [-0.3, -0.25) is 14.9 Å². The van der Waals surface area contributed by atoms with Crippen LogP contribution in [0.4, 0.5) is 4.79 Å². The van der Waals surface area contributed by atoms with Gasteiger partial charge in [0.1, 0.15) is 0 Å². The van der Waals surface area contributed by atoms with Gasteiger partial charge in [-0.1, -0.05) is 12.1 Å². The van der Waals surface area contributed by atoms with Crippen LogP contribution in [0, 0.1) is 11.3 Å². The van der Waals surface area contributed by atoms with Crippen molar-refractivity contribution in [2.45, 2.75) is 19.8 Å². The maximum absolute atomic E-state index is 11.5. The lowest BCUT2D eigenvalue weighted by Gasteiger charge is -2.06. The minimum Gasteiger partial charge on any atom is -0.456 e. The van der Waals surface area contributed by atoms with Crippen LogP contribution in [-0.2, 0) is 20.7 Å². The van der Waals surface area contributed by atoms with Crippen molar-refractivity contribution in [3.8, 4) is 6.07 Å². The molecule has 0 saturated carbocycles. The van der Waals surface area contributed by atoms with Gasteiger partial charge < -0.3 is 10.1 Å². The van der Waals surface area contributed by atoms with E-state index in [-0.39, 0.29) is 6.42 Å². The summed E-state index contributed by atoms with van der Waals surface area (Å²) >= 11 is 0. The van der Waals surface area contributed by atoms with Crippen molar-refractivity contribution >= 4 is 17.9 Å². The predicted octanol–water partition coefficient (Wildman–Crippen LogP) is 0.880. The van der Waals surface area contributed by atoms with Gasteiger partial charge in [-0.15, -0.1) is 0 Å². The first-order chi connectivity index (χ1) is 10.5. The van der Waals surface area contributed by atoms with Gasteiger partial charge in [0, 0.05) is 13.0 Å². The van der Waals surface area contributed by atoms with Crippen LogP contribution in [0.2, 0.25) is 0 Å². The van der Waals surface area contributed by atoms with E-state index in [0.717, 1.165) is 5.56 Å². The maximum atomic E-state index is 11.5. The van der Waals surface area contributed by atoms with Gasteiger partial charge in [-0.05, 0) is 31.0 Å². The van der Waals surface area contributed by atoms with Crippen molar-refractivity contribution in [1.29, 1.82) is 5.26 Å². The first kappa shape index (κ1) is 17.2. The summed E-state index contributed by atoms with van der Waals surface area (Å²) in [7, 11) is 0. The Morgan fingerprint density at radius 2 is 1.91 bits per heavy atom. The molecule has 1 aromatic carbocycles. The van der Waals surface area contributed by atoms with Gasteiger partial charge in [-0.2, -0.15) is 5.26 Å². The Hall–Kier alpha value is -2.88. The zero-order valence-electron chi connectivity index (χ0n) is 12.2. The third-order valence-corrected chi connectivity index (χ3v) is 2.66. The Morgan fingerprint density at radius 3 is 2.50 bits per heavy atom. The maximum Gasteiger partial charge on any atom is 0.321 e. The monoisotopic (exact) mass is 303 g/mol. The van der Waals surface area contributed by atoms with E-state index in [4.69, 9.17) is 10.00 Å². The second-order valence-electron chi connectivity index (χ2n) is 4.38. The number of nitriles is 1. The molecule has 0 bridgehead atoms. The highest BCUT2D eigenvalue weighted by atomic mass is 16.5. The highest BCUT2D eigenvalue weighted by Gasteiger charge is 2.10. The molecule has 1 rings (SSSR count). The number of urea groups is 1. The minimum absolute atomic E-state index is 0.111. The molecule has 1 aromatic rings. The Kier molecular flexibility index (Phi) is 7.13. The van der Waals surface area contributed by atoms with Gasteiger partial charge in [0.2, 0.25) is 0 Å². The second-order valence-corrected chi connectivity index (χ2v) is 4.38. The first-order valence-electron chi connectivity index (χ1n) is 6.77. The molecule has 0 aliphatic carbocycles. The molecule has 22 heavy (non-hydrogen) atoms. The predicted molar refractivity (Wildman–Crippen MR) is 77.7 cm³/mol. The normalized spacial score (nSPS) is 9.45. The zero-order chi connectivity index (χ0) is 16.4. The minimum atomic E-state index is -0.683. The van der Waals surface area contributed by atoms with Crippen molar-refractivity contribution in [1.82, 2.24) is 10.6 Å². The number of hydrogen-bond donors (Lipinski definition) is 2. The second kappa shape index (κ2) is 9.13. The number of aryl methyl sites for hydroxylation is 1. The molecule has 7 nitrogen and oxygen atoms in total. The van der Waals surface area contributed by atoms with Gasteiger partial charge >= 0.3 is 12.0 Å². The van der Waals surface area contributed by atoms with E-state index in [2.05, 4.69) is 5.32 Å². The molecule has 0 aliphatic heterocycles. The van der Waals surface area contributed by atoms with E-state index < -0.39 is 24.5 Å². The van der Waals surface area contributed by atoms with Crippen LogP contribution in [0.5, 0.6) is 0 Å². The van der Waals surface area contributed by atoms with E-state index in [1.807, 2.05) is 11.4 Å². The van der Waals surface area contributed by atoms with Crippen molar-refractivity contribution in [3.63, 3.8) is 0 Å². The highest BCUT2D eigenvalue weighted by Crippen LogP contribution is 2.06. The van der Waals surface area contributed by atoms with E-state index in [9.17, 15) is 14.4 Å². The Balaban J connectivity index is 2.27. The van der Waals surface area contributed by atoms with Gasteiger partial charge in [0.25, 0.3) is 5.91 Å². The van der Waals surface area contributed by atoms with Gasteiger partial charge in [0.15, 0.2) is 6.61 Å². The Bertz CT molecular complexity index is 575. The first-order valence-corrected chi connectivity index (χ1v) is 6.77. The molecule has 0 unspecified atom stereocenters. The van der Waals surface area contributed by atoms with E-state index >= 15 is 0 Å². The molecular formula is C15H17N3O4. The summed E-state index contributed by atoms with van der Waals surface area (Å²) < 4.78 is 4.77. The summed E-state index contributed by atoms with van der Waals surface area (Å²) in [5.74, 6) is -1.21. The molecule has 116 valence electrons. The van der Waals surface area contributed by atoms with Crippen LogP contribution in [0.15, 0.2) is 24.3 Å². The molecule has 2 N–H and O–H groups in total. The van der Waals surface area contributed by atoms with Crippen molar-refractivity contribution in [3.05, 3.63) is 35.4 Å². The average molecular weight is 303 g/mol. The van der Waals surface area contributed by atoms with Crippen LogP contribution in [0.3, 0.4) is 0 Å². The van der Waals surface area contributed by atoms with Crippen LogP contribution in [0.25, 0.3) is 0 Å². The molecule has 0 aromatic heterocycles. The lowest BCUT2D eigenvalue weighted by molar-refractivity contribution is -0.148. The summed E-state index contributed by atoms with van der Waals surface area (Å²) in [5, 5.41) is 13.1. The van der Waals surface area contributed by atoms with Crippen LogP contribution in [0.1, 0.15) is 24.5 Å². The third-order valence-electron chi connectivity index (χ3n) is 2.66. The smallest absolute Gasteiger partial charge is 0.321 e. The summed E-state index contributed by atoms with van der Waals surface area (Å²) in [5.41, 5.74) is 1.44. The molecule has 7 heteroatoms. The van der Waals surface area contributed by atoms with Crippen molar-refractivity contribution in [2.75, 3.05) is 13.2 Å². The van der Waals surface area contributed by atoms with Crippen molar-refractivity contribution in [2.24, 2.45) is 0 Å². The van der Waals surface area contributed by atoms with Crippen LogP contribution >= 0.6 is 0 Å². The highest BCUT2D eigenvalue weighted by molar-refractivity contribution is 5.95. The molecule has 0 atom stereocenters. The SMILES string of the molecule is CCNC(=O)NC(=O)COC(=O)CCc1ccc(C#N)cc1. The van der Waals surface area contributed by atoms with E-state index in [1.165, 1.54) is 0 Å². The van der Waals surface area contributed by atoms with Crippen LogP contribution < -0.4 is 10.6 Å². The Labute approximate surface area is 128 Å². The summed E-state index contributed by atoms with van der Waals surface area (Å²) in [6.07, 6.45) is 0.558. The summed E-state index contributed by atoms with van der Waals surface area (Å²) in [4.78, 5) is 33.9. The lowest BCUT2D eigenvalue weighted by atomic mass is 10.1. The number of carbonyl (C=O) groups is 3. The average Bonchev–Trinajstić information content (AvgIpc) is 2.51. The van der Waals surface area contributed by atoms with Crippen LogP contribution in [-0.4, -0.2) is 31.1 Å². The molecule has 3 amide bonds. The molecule has 0 spiro atoms. The molecule has 0 heterocycles. The molecule has 0 aliphatic rings. The topological polar surface area (TPSA) is 108 Å². The standard InChI is InChI=1S/C15H17N3O4/c1-2-17-15(21)18-13(19)10-22-14(20)8-7-11-3-5-12(9-16)6-4-11/h3-6H,2,7-8,10H2,1H3,(H2,17,18,19,21). The number of nitrogens with zero attached hydrogens (tertiary/aromatic N) is 1. The largest absolute Gasteiger partial charge is 0.456 e. The summed E-state index contributed by atoms with van der Waals surface area (Å²) in [6, 6.07) is 8.23. The number of benzene rings is 1. The fourth-order valence-electron chi connectivity index (χ4n) is 1.58. The number of rotatable bonds is 6. The number of imide groups is 1. The van der Waals surface area contributed by atoms with E-state index in [1.54, 1.807) is 31.2 Å². The number of amides is 3. The molecule has 0 saturated heterocycles.